The van der Waals surface area contributed by atoms with Gasteiger partial charge in [0.05, 0.1) is 21.4 Å². The van der Waals surface area contributed by atoms with Crippen molar-refractivity contribution >= 4 is 64.2 Å². The predicted octanol–water partition coefficient (Wildman–Crippen LogP) is 3.90. The van der Waals surface area contributed by atoms with Crippen molar-refractivity contribution < 1.29 is 14.4 Å². The van der Waals surface area contributed by atoms with E-state index in [2.05, 4.69) is 16.0 Å². The van der Waals surface area contributed by atoms with Crippen LogP contribution in [0.3, 0.4) is 0 Å². The Bertz CT molecular complexity index is 989. The number of amides is 4. The summed E-state index contributed by atoms with van der Waals surface area (Å²) in [7, 11) is 0. The highest BCUT2D eigenvalue weighted by molar-refractivity contribution is 7.98. The first-order chi connectivity index (χ1) is 14.9. The molecular weight excluding hydrogens is 459 g/mol. The maximum atomic E-state index is 13.0. The Kier molecular flexibility index (Phi) is 8.06. The third kappa shape index (κ3) is 6.06. The molecule has 10 heteroatoms. The van der Waals surface area contributed by atoms with Crippen LogP contribution in [0.1, 0.15) is 12.0 Å². The number of hydrogen-bond acceptors (Lipinski definition) is 4. The minimum atomic E-state index is -0.750. The fourth-order valence-corrected chi connectivity index (χ4v) is 3.90. The number of para-hydroxylation sites is 2. The molecule has 1 unspecified atom stereocenters. The van der Waals surface area contributed by atoms with E-state index in [0.29, 0.717) is 33.6 Å². The molecule has 2 aromatic rings. The highest BCUT2D eigenvalue weighted by atomic mass is 35.5. The van der Waals surface area contributed by atoms with Crippen LogP contribution >= 0.6 is 35.0 Å². The van der Waals surface area contributed by atoms with Crippen molar-refractivity contribution in [2.24, 2.45) is 0 Å². The largest absolute Gasteiger partial charge is 0.350 e. The zero-order valence-corrected chi connectivity index (χ0v) is 19.1. The average molecular weight is 481 g/mol. The smallest absolute Gasteiger partial charge is 0.323 e. The van der Waals surface area contributed by atoms with Gasteiger partial charge < -0.3 is 16.0 Å². The minimum absolute atomic E-state index is 0.122. The predicted molar refractivity (Wildman–Crippen MR) is 126 cm³/mol. The SMILES string of the molecule is CSCCC(NC(=O)N1CC(=O)Nc2ccccc21)C(=O)NCc1ccc(Cl)c(Cl)c1. The quantitative estimate of drug-likeness (QED) is 0.560. The van der Waals surface area contributed by atoms with Crippen molar-refractivity contribution in [2.75, 3.05) is 28.8 Å². The molecule has 1 aliphatic rings. The van der Waals surface area contributed by atoms with E-state index in [9.17, 15) is 14.4 Å². The first kappa shape index (κ1) is 23.2. The Balaban J connectivity index is 1.68. The number of urea groups is 1. The van der Waals surface area contributed by atoms with Crippen LogP contribution in [0, 0.1) is 0 Å². The summed E-state index contributed by atoms with van der Waals surface area (Å²) in [5, 5.41) is 9.18. The van der Waals surface area contributed by atoms with E-state index >= 15 is 0 Å². The highest BCUT2D eigenvalue weighted by Crippen LogP contribution is 2.29. The highest BCUT2D eigenvalue weighted by Gasteiger charge is 2.29. The molecule has 3 N–H and O–H groups in total. The molecule has 1 aliphatic heterocycles. The average Bonchev–Trinajstić information content (AvgIpc) is 2.76. The molecule has 3 rings (SSSR count). The number of anilines is 2. The number of nitrogens with zero attached hydrogens (tertiary/aromatic N) is 1. The molecule has 0 radical (unpaired) electrons. The van der Waals surface area contributed by atoms with E-state index in [0.717, 1.165) is 5.56 Å². The van der Waals surface area contributed by atoms with Crippen molar-refractivity contribution in [2.45, 2.75) is 19.0 Å². The first-order valence-corrected chi connectivity index (χ1v) is 11.7. The maximum absolute atomic E-state index is 13.0. The standard InChI is InChI=1S/C21H22Cl2N4O3S/c1-31-9-8-17(20(29)24-11-13-6-7-14(22)15(23)10-13)26-21(30)27-12-19(28)25-16-4-2-3-5-18(16)27/h2-7,10,17H,8-9,11-12H2,1H3,(H,24,29)(H,25,28)(H,26,30). The van der Waals surface area contributed by atoms with E-state index in [-0.39, 0.29) is 24.9 Å². The van der Waals surface area contributed by atoms with Crippen molar-refractivity contribution in [3.8, 4) is 0 Å². The molecule has 0 saturated carbocycles. The van der Waals surface area contributed by atoms with Crippen molar-refractivity contribution in [1.82, 2.24) is 10.6 Å². The lowest BCUT2D eigenvalue weighted by Gasteiger charge is -2.30. The zero-order valence-electron chi connectivity index (χ0n) is 16.8. The molecule has 1 atom stereocenters. The van der Waals surface area contributed by atoms with Crippen molar-refractivity contribution in [1.29, 1.82) is 0 Å². The third-order valence-corrected chi connectivity index (χ3v) is 6.07. The lowest BCUT2D eigenvalue weighted by atomic mass is 10.1. The minimum Gasteiger partial charge on any atom is -0.350 e. The molecule has 164 valence electrons. The number of benzene rings is 2. The number of carbonyl (C=O) groups is 3. The van der Waals surface area contributed by atoms with Crippen LogP contribution < -0.4 is 20.9 Å². The lowest BCUT2D eigenvalue weighted by Crippen LogP contribution is -2.54. The lowest BCUT2D eigenvalue weighted by molar-refractivity contribution is -0.123. The summed E-state index contributed by atoms with van der Waals surface area (Å²) >= 11 is 13.5. The fraction of sp³-hybridized carbons (Fsp3) is 0.286. The van der Waals surface area contributed by atoms with Crippen LogP contribution in [0.2, 0.25) is 10.0 Å². The number of halogens is 2. The van der Waals surface area contributed by atoms with E-state index in [1.54, 1.807) is 54.2 Å². The van der Waals surface area contributed by atoms with Gasteiger partial charge in [-0.15, -0.1) is 0 Å². The van der Waals surface area contributed by atoms with Gasteiger partial charge in [0.2, 0.25) is 11.8 Å². The zero-order chi connectivity index (χ0) is 22.4. The van der Waals surface area contributed by atoms with Crippen LogP contribution in [0.15, 0.2) is 42.5 Å². The van der Waals surface area contributed by atoms with Crippen LogP contribution in [-0.2, 0) is 16.1 Å². The van der Waals surface area contributed by atoms with Crippen LogP contribution in [0.5, 0.6) is 0 Å². The topological polar surface area (TPSA) is 90.5 Å². The number of thioether (sulfide) groups is 1. The Morgan fingerprint density at radius 2 is 1.97 bits per heavy atom. The van der Waals surface area contributed by atoms with Gasteiger partial charge in [-0.3, -0.25) is 14.5 Å². The van der Waals surface area contributed by atoms with Crippen LogP contribution in [0.25, 0.3) is 0 Å². The number of fused-ring (bicyclic) bond motifs is 1. The second-order valence-electron chi connectivity index (χ2n) is 6.90. The number of rotatable bonds is 7. The first-order valence-electron chi connectivity index (χ1n) is 9.56. The van der Waals surface area contributed by atoms with Gasteiger partial charge in [-0.2, -0.15) is 11.8 Å². The maximum Gasteiger partial charge on any atom is 0.323 e. The summed E-state index contributed by atoms with van der Waals surface area (Å²) in [6.07, 6.45) is 2.37. The molecule has 2 aromatic carbocycles. The Hall–Kier alpha value is -2.42. The number of carbonyl (C=O) groups excluding carboxylic acids is 3. The second kappa shape index (κ2) is 10.7. The molecule has 0 aromatic heterocycles. The summed E-state index contributed by atoms with van der Waals surface area (Å²) in [5.74, 6) is 0.0733. The molecule has 0 bridgehead atoms. The number of nitrogens with one attached hydrogen (secondary N) is 3. The summed E-state index contributed by atoms with van der Waals surface area (Å²) in [5.41, 5.74) is 1.93. The van der Waals surface area contributed by atoms with Gasteiger partial charge in [-0.1, -0.05) is 41.4 Å². The normalized spacial score (nSPS) is 13.8. The molecule has 31 heavy (non-hydrogen) atoms. The molecule has 0 saturated heterocycles. The van der Waals surface area contributed by atoms with E-state index in [1.165, 1.54) is 4.90 Å². The van der Waals surface area contributed by atoms with Gasteiger partial charge in [-0.05, 0) is 48.3 Å². The summed E-state index contributed by atoms with van der Waals surface area (Å²) in [4.78, 5) is 39.1. The van der Waals surface area contributed by atoms with Gasteiger partial charge in [0, 0.05) is 6.54 Å². The molecule has 0 spiro atoms. The summed E-state index contributed by atoms with van der Waals surface area (Å²) < 4.78 is 0. The van der Waals surface area contributed by atoms with Crippen molar-refractivity contribution in [3.05, 3.63) is 58.1 Å². The fourth-order valence-electron chi connectivity index (χ4n) is 3.11. The van der Waals surface area contributed by atoms with Gasteiger partial charge in [-0.25, -0.2) is 4.79 Å². The molecule has 1 heterocycles. The molecule has 0 aliphatic carbocycles. The van der Waals surface area contributed by atoms with Gasteiger partial charge in [0.25, 0.3) is 0 Å². The summed E-state index contributed by atoms with van der Waals surface area (Å²) in [6.45, 7) is 0.124. The van der Waals surface area contributed by atoms with Gasteiger partial charge >= 0.3 is 6.03 Å². The monoisotopic (exact) mass is 480 g/mol. The summed E-state index contributed by atoms with van der Waals surface area (Å²) in [6, 6.07) is 10.9. The Morgan fingerprint density at radius 1 is 1.19 bits per heavy atom. The Labute approximate surface area is 194 Å². The molecule has 4 amide bonds. The van der Waals surface area contributed by atoms with E-state index in [1.807, 2.05) is 6.26 Å². The van der Waals surface area contributed by atoms with Crippen molar-refractivity contribution in [3.63, 3.8) is 0 Å². The van der Waals surface area contributed by atoms with Crippen LogP contribution in [-0.4, -0.2) is 42.4 Å². The Morgan fingerprint density at radius 3 is 2.71 bits per heavy atom. The molecule has 0 fully saturated rings. The molecular formula is C21H22Cl2N4O3S. The van der Waals surface area contributed by atoms with Gasteiger partial charge in [0.15, 0.2) is 0 Å². The van der Waals surface area contributed by atoms with Gasteiger partial charge in [0.1, 0.15) is 12.6 Å². The van der Waals surface area contributed by atoms with Crippen LogP contribution in [0.4, 0.5) is 16.2 Å². The third-order valence-electron chi connectivity index (χ3n) is 4.69. The molecule has 7 nitrogen and oxygen atoms in total. The second-order valence-corrected chi connectivity index (χ2v) is 8.70. The number of hydrogen-bond donors (Lipinski definition) is 3. The van der Waals surface area contributed by atoms with E-state index < -0.39 is 12.1 Å². The van der Waals surface area contributed by atoms with E-state index in [4.69, 9.17) is 23.2 Å².